The van der Waals surface area contributed by atoms with E-state index in [-0.39, 0.29) is 35.8 Å². The topological polar surface area (TPSA) is 114 Å². The first-order chi connectivity index (χ1) is 14.5. The van der Waals surface area contributed by atoms with Crippen LogP contribution in [-0.4, -0.2) is 67.6 Å². The van der Waals surface area contributed by atoms with Crippen molar-refractivity contribution in [1.29, 1.82) is 0 Å². The van der Waals surface area contributed by atoms with Crippen LogP contribution in [0.5, 0.6) is 5.75 Å². The molecule has 0 aliphatic carbocycles. The Balaban J connectivity index is 1.73. The molecule has 1 aromatic rings. The molecule has 2 heterocycles. The van der Waals surface area contributed by atoms with Crippen LogP contribution < -0.4 is 15.0 Å². The van der Waals surface area contributed by atoms with Crippen molar-refractivity contribution in [2.24, 2.45) is 4.99 Å². The van der Waals surface area contributed by atoms with E-state index >= 15 is 0 Å². The van der Waals surface area contributed by atoms with E-state index in [9.17, 15) is 18.0 Å². The number of alkyl carbamates (subject to hydrolysis) is 1. The van der Waals surface area contributed by atoms with Gasteiger partial charge in [0.05, 0.1) is 24.7 Å². The number of carbonyl (C=O) groups excluding carboxylic acids is 2. The second kappa shape index (κ2) is 9.07. The lowest BCUT2D eigenvalue weighted by Crippen LogP contribution is -2.37. The SMILES string of the molecule is COc1cccc(N2C(=NC(=O)CCNC(=O)OC(C)(C)C)S[C@@H]3CS(=O)(=O)C[C@H]32)c1. The summed E-state index contributed by atoms with van der Waals surface area (Å²) in [6, 6.07) is 6.92. The summed E-state index contributed by atoms with van der Waals surface area (Å²) >= 11 is 1.30. The molecule has 2 amide bonds. The number of amides is 2. The molecule has 0 spiro atoms. The Morgan fingerprint density at radius 1 is 1.29 bits per heavy atom. The number of amidine groups is 1. The molecule has 11 heteroatoms. The Bertz CT molecular complexity index is 987. The van der Waals surface area contributed by atoms with Crippen molar-refractivity contribution in [3.05, 3.63) is 24.3 Å². The van der Waals surface area contributed by atoms with Crippen LogP contribution in [0.1, 0.15) is 27.2 Å². The van der Waals surface area contributed by atoms with Gasteiger partial charge in [-0.2, -0.15) is 4.99 Å². The summed E-state index contributed by atoms with van der Waals surface area (Å²) in [7, 11) is -1.60. The van der Waals surface area contributed by atoms with Crippen LogP contribution in [0.2, 0.25) is 0 Å². The Morgan fingerprint density at radius 2 is 2.03 bits per heavy atom. The van der Waals surface area contributed by atoms with E-state index in [1.54, 1.807) is 46.1 Å². The van der Waals surface area contributed by atoms with E-state index in [4.69, 9.17) is 9.47 Å². The van der Waals surface area contributed by atoms with E-state index in [1.165, 1.54) is 11.8 Å². The van der Waals surface area contributed by atoms with Gasteiger partial charge in [0.15, 0.2) is 15.0 Å². The molecular weight excluding hydrogens is 442 g/mol. The van der Waals surface area contributed by atoms with Crippen molar-refractivity contribution in [3.63, 3.8) is 0 Å². The summed E-state index contributed by atoms with van der Waals surface area (Å²) in [4.78, 5) is 30.2. The summed E-state index contributed by atoms with van der Waals surface area (Å²) in [5, 5.41) is 2.80. The lowest BCUT2D eigenvalue weighted by molar-refractivity contribution is -0.117. The van der Waals surface area contributed by atoms with Crippen molar-refractivity contribution < 1.29 is 27.5 Å². The van der Waals surface area contributed by atoms with Gasteiger partial charge in [0.2, 0.25) is 5.91 Å². The standard InChI is InChI=1S/C20H27N3O6S2/c1-20(2,3)29-19(25)21-9-8-17(24)22-18-23(13-6-5-7-14(10-13)28-4)15-11-31(26,27)12-16(15)30-18/h5-7,10,15-16H,8-9,11-12H2,1-4H3,(H,21,25)/t15-,16-/m1/s1. The number of hydrogen-bond acceptors (Lipinski definition) is 7. The maximum atomic E-state index is 12.5. The van der Waals surface area contributed by atoms with Crippen LogP contribution in [0.3, 0.4) is 0 Å². The van der Waals surface area contributed by atoms with E-state index in [0.717, 1.165) is 5.69 Å². The predicted octanol–water partition coefficient (Wildman–Crippen LogP) is 2.21. The molecular formula is C20H27N3O6S2. The van der Waals surface area contributed by atoms with Gasteiger partial charge < -0.3 is 19.7 Å². The molecule has 0 saturated carbocycles. The van der Waals surface area contributed by atoms with Crippen LogP contribution in [0.15, 0.2) is 29.3 Å². The first-order valence-electron chi connectivity index (χ1n) is 9.86. The summed E-state index contributed by atoms with van der Waals surface area (Å²) in [6.07, 6.45) is -0.593. The Morgan fingerprint density at radius 3 is 2.71 bits per heavy atom. The third-order valence-electron chi connectivity index (χ3n) is 4.63. The first-order valence-corrected chi connectivity index (χ1v) is 12.6. The zero-order chi connectivity index (χ0) is 22.8. The molecule has 2 fully saturated rings. The molecule has 170 valence electrons. The maximum absolute atomic E-state index is 12.5. The second-order valence-corrected chi connectivity index (χ2v) is 11.7. The van der Waals surface area contributed by atoms with Crippen LogP contribution in [0.4, 0.5) is 10.5 Å². The lowest BCUT2D eigenvalue weighted by atomic mass is 10.2. The van der Waals surface area contributed by atoms with Gasteiger partial charge in [-0.05, 0) is 32.9 Å². The maximum Gasteiger partial charge on any atom is 0.407 e. The number of anilines is 1. The van der Waals surface area contributed by atoms with Gasteiger partial charge in [-0.3, -0.25) is 4.79 Å². The van der Waals surface area contributed by atoms with Crippen LogP contribution in [0.25, 0.3) is 0 Å². The van der Waals surface area contributed by atoms with Gasteiger partial charge in [-0.15, -0.1) is 0 Å². The van der Waals surface area contributed by atoms with E-state index in [0.29, 0.717) is 10.9 Å². The van der Waals surface area contributed by atoms with Crippen molar-refractivity contribution in [3.8, 4) is 5.75 Å². The average Bonchev–Trinajstić information content (AvgIpc) is 3.10. The fourth-order valence-corrected chi connectivity index (χ4v) is 7.31. The zero-order valence-corrected chi connectivity index (χ0v) is 19.6. The molecule has 0 unspecified atom stereocenters. The minimum atomic E-state index is -3.15. The molecule has 2 saturated heterocycles. The molecule has 2 aliphatic heterocycles. The number of nitrogens with zero attached hydrogens (tertiary/aromatic N) is 2. The van der Waals surface area contributed by atoms with Gasteiger partial charge in [-0.1, -0.05) is 17.8 Å². The van der Waals surface area contributed by atoms with Crippen LogP contribution in [0, 0.1) is 0 Å². The number of ether oxygens (including phenoxy) is 2. The third kappa shape index (κ3) is 6.13. The highest BCUT2D eigenvalue weighted by atomic mass is 32.2. The first kappa shape index (κ1) is 23.4. The largest absolute Gasteiger partial charge is 0.497 e. The van der Waals surface area contributed by atoms with Gasteiger partial charge in [-0.25, -0.2) is 13.2 Å². The number of nitrogens with one attached hydrogen (secondary N) is 1. The number of hydrogen-bond donors (Lipinski definition) is 1. The molecule has 0 aromatic heterocycles. The lowest BCUT2D eigenvalue weighted by Gasteiger charge is -2.24. The summed E-state index contributed by atoms with van der Waals surface area (Å²) in [6.45, 7) is 5.36. The highest BCUT2D eigenvalue weighted by molar-refractivity contribution is 8.16. The minimum absolute atomic E-state index is 0.00286. The highest BCUT2D eigenvalue weighted by Gasteiger charge is 2.49. The number of fused-ring (bicyclic) bond motifs is 1. The molecule has 2 aliphatic rings. The van der Waals surface area contributed by atoms with Gasteiger partial charge in [0, 0.05) is 30.0 Å². The fraction of sp³-hybridized carbons (Fsp3) is 0.550. The average molecular weight is 470 g/mol. The molecule has 9 nitrogen and oxygen atoms in total. The molecule has 0 bridgehead atoms. The number of methoxy groups -OCH3 is 1. The van der Waals surface area contributed by atoms with Crippen molar-refractivity contribution in [2.45, 2.75) is 44.1 Å². The Kier molecular flexibility index (Phi) is 6.85. The number of sulfone groups is 1. The van der Waals surface area contributed by atoms with E-state index in [1.807, 2.05) is 11.0 Å². The molecule has 31 heavy (non-hydrogen) atoms. The number of rotatable bonds is 5. The van der Waals surface area contributed by atoms with Crippen LogP contribution >= 0.6 is 11.8 Å². The molecule has 2 atom stereocenters. The minimum Gasteiger partial charge on any atom is -0.497 e. The van der Waals surface area contributed by atoms with Crippen molar-refractivity contribution in [1.82, 2.24) is 5.32 Å². The summed E-state index contributed by atoms with van der Waals surface area (Å²) < 4.78 is 34.7. The molecule has 1 N–H and O–H groups in total. The third-order valence-corrected chi connectivity index (χ3v) is 7.84. The quantitative estimate of drug-likeness (QED) is 0.698. The molecule has 1 aromatic carbocycles. The molecule has 3 rings (SSSR count). The number of thioether (sulfide) groups is 1. The van der Waals surface area contributed by atoms with Crippen molar-refractivity contribution >= 4 is 44.5 Å². The normalized spacial score (nSPS) is 23.5. The smallest absolute Gasteiger partial charge is 0.407 e. The second-order valence-electron chi connectivity index (χ2n) is 8.34. The van der Waals surface area contributed by atoms with E-state index < -0.39 is 27.4 Å². The van der Waals surface area contributed by atoms with Gasteiger partial charge in [0.25, 0.3) is 0 Å². The van der Waals surface area contributed by atoms with Crippen LogP contribution in [-0.2, 0) is 19.4 Å². The monoisotopic (exact) mass is 469 g/mol. The van der Waals surface area contributed by atoms with E-state index in [2.05, 4.69) is 10.3 Å². The number of benzene rings is 1. The predicted molar refractivity (Wildman–Crippen MR) is 121 cm³/mol. The Labute approximate surface area is 186 Å². The molecule has 0 radical (unpaired) electrons. The Hall–Kier alpha value is -2.27. The number of aliphatic imine (C=N–C) groups is 1. The van der Waals surface area contributed by atoms with Crippen molar-refractivity contribution in [2.75, 3.05) is 30.1 Å². The zero-order valence-electron chi connectivity index (χ0n) is 18.0. The number of carbonyl (C=O) groups is 2. The highest BCUT2D eigenvalue weighted by Crippen LogP contribution is 2.41. The summed E-state index contributed by atoms with van der Waals surface area (Å²) in [5.74, 6) is 0.277. The van der Waals surface area contributed by atoms with Gasteiger partial charge >= 0.3 is 6.09 Å². The van der Waals surface area contributed by atoms with Gasteiger partial charge in [0.1, 0.15) is 11.4 Å². The fourth-order valence-electron chi connectivity index (χ4n) is 3.37. The summed E-state index contributed by atoms with van der Waals surface area (Å²) in [5.41, 5.74) is 0.0966.